The minimum absolute atomic E-state index is 0.0168. The predicted molar refractivity (Wildman–Crippen MR) is 123 cm³/mol. The van der Waals surface area contributed by atoms with Gasteiger partial charge in [0.15, 0.2) is 6.61 Å². The van der Waals surface area contributed by atoms with Gasteiger partial charge in [0.25, 0.3) is 11.8 Å². The zero-order valence-corrected chi connectivity index (χ0v) is 18.1. The van der Waals surface area contributed by atoms with Crippen LogP contribution in [0.25, 0.3) is 11.1 Å². The maximum Gasteiger partial charge on any atom is 0.260 e. The quantitative estimate of drug-likeness (QED) is 0.598. The van der Waals surface area contributed by atoms with E-state index in [1.165, 1.54) is 0 Å². The SMILES string of the molecule is COc1ccc(C(=O)N2CCN(C(=O)COc3ccc(-c4ccccc4)cc3)CC2)cc1. The van der Waals surface area contributed by atoms with E-state index in [9.17, 15) is 9.59 Å². The average Bonchev–Trinajstić information content (AvgIpc) is 2.88. The third kappa shape index (κ3) is 5.09. The van der Waals surface area contributed by atoms with Crippen molar-refractivity contribution in [1.82, 2.24) is 9.80 Å². The number of carbonyl (C=O) groups excluding carboxylic acids is 2. The minimum atomic E-state index is -0.0753. The number of nitrogens with zero attached hydrogens (tertiary/aromatic N) is 2. The van der Waals surface area contributed by atoms with Crippen LogP contribution in [0.15, 0.2) is 78.9 Å². The highest BCUT2D eigenvalue weighted by Crippen LogP contribution is 2.22. The summed E-state index contributed by atoms with van der Waals surface area (Å²) in [5.74, 6) is 1.27. The fraction of sp³-hybridized carbons (Fsp3) is 0.231. The number of hydrogen-bond acceptors (Lipinski definition) is 4. The highest BCUT2D eigenvalue weighted by molar-refractivity contribution is 5.94. The number of amides is 2. The third-order valence-electron chi connectivity index (χ3n) is 5.58. The summed E-state index contributed by atoms with van der Waals surface area (Å²) in [6.45, 7) is 1.98. The van der Waals surface area contributed by atoms with Gasteiger partial charge in [0.1, 0.15) is 11.5 Å². The van der Waals surface area contributed by atoms with Gasteiger partial charge in [-0.25, -0.2) is 0 Å². The summed E-state index contributed by atoms with van der Waals surface area (Å²) in [4.78, 5) is 28.8. The highest BCUT2D eigenvalue weighted by atomic mass is 16.5. The lowest BCUT2D eigenvalue weighted by molar-refractivity contribution is -0.134. The number of piperazine rings is 1. The molecule has 4 rings (SSSR count). The summed E-state index contributed by atoms with van der Waals surface area (Å²) in [7, 11) is 1.59. The van der Waals surface area contributed by atoms with Gasteiger partial charge in [0.2, 0.25) is 0 Å². The van der Waals surface area contributed by atoms with Crippen LogP contribution in [0.3, 0.4) is 0 Å². The first kappa shape index (κ1) is 21.4. The van der Waals surface area contributed by atoms with E-state index in [0.717, 1.165) is 11.1 Å². The van der Waals surface area contributed by atoms with Crippen molar-refractivity contribution >= 4 is 11.8 Å². The molecule has 0 bridgehead atoms. The van der Waals surface area contributed by atoms with Crippen molar-refractivity contribution < 1.29 is 19.1 Å². The number of rotatable bonds is 6. The van der Waals surface area contributed by atoms with Crippen LogP contribution in [0, 0.1) is 0 Å². The summed E-state index contributed by atoms with van der Waals surface area (Å²) in [5, 5.41) is 0. The Hall–Kier alpha value is -3.80. The van der Waals surface area contributed by atoms with Gasteiger partial charge in [-0.1, -0.05) is 42.5 Å². The zero-order valence-electron chi connectivity index (χ0n) is 18.1. The standard InChI is InChI=1S/C26H26N2O4/c1-31-23-11-9-22(10-12-23)26(30)28-17-15-27(16-18-28)25(29)19-32-24-13-7-21(8-14-24)20-5-3-2-4-6-20/h2-14H,15-19H2,1H3. The molecule has 0 atom stereocenters. The van der Waals surface area contributed by atoms with Gasteiger partial charge >= 0.3 is 0 Å². The number of benzene rings is 3. The van der Waals surface area contributed by atoms with Gasteiger partial charge in [-0.2, -0.15) is 0 Å². The molecule has 6 heteroatoms. The van der Waals surface area contributed by atoms with Crippen LogP contribution in [0.2, 0.25) is 0 Å². The van der Waals surface area contributed by atoms with Crippen LogP contribution in [0.1, 0.15) is 10.4 Å². The smallest absolute Gasteiger partial charge is 0.260 e. The molecule has 0 radical (unpaired) electrons. The van der Waals surface area contributed by atoms with Crippen LogP contribution in [-0.2, 0) is 4.79 Å². The normalized spacial score (nSPS) is 13.5. The van der Waals surface area contributed by atoms with Gasteiger partial charge in [-0.3, -0.25) is 9.59 Å². The molecule has 3 aromatic rings. The molecule has 0 saturated carbocycles. The molecule has 1 aliphatic heterocycles. The first-order valence-corrected chi connectivity index (χ1v) is 10.6. The molecule has 1 heterocycles. The van der Waals surface area contributed by atoms with E-state index in [1.807, 2.05) is 42.5 Å². The summed E-state index contributed by atoms with van der Waals surface area (Å²) in [6.07, 6.45) is 0. The summed E-state index contributed by atoms with van der Waals surface area (Å²) >= 11 is 0. The van der Waals surface area contributed by atoms with Gasteiger partial charge in [0.05, 0.1) is 7.11 Å². The first-order chi connectivity index (χ1) is 15.6. The Kier molecular flexibility index (Phi) is 6.70. The third-order valence-corrected chi connectivity index (χ3v) is 5.58. The lowest BCUT2D eigenvalue weighted by Crippen LogP contribution is -2.51. The Morgan fingerprint density at radius 2 is 1.28 bits per heavy atom. The van der Waals surface area contributed by atoms with E-state index in [-0.39, 0.29) is 18.4 Å². The molecule has 164 valence electrons. The molecule has 6 nitrogen and oxygen atoms in total. The predicted octanol–water partition coefficient (Wildman–Crippen LogP) is 3.73. The molecule has 0 spiro atoms. The van der Waals surface area contributed by atoms with Crippen LogP contribution in [-0.4, -0.2) is 61.5 Å². The van der Waals surface area contributed by atoms with Crippen molar-refractivity contribution in [3.05, 3.63) is 84.4 Å². The highest BCUT2D eigenvalue weighted by Gasteiger charge is 2.25. The topological polar surface area (TPSA) is 59.1 Å². The second kappa shape index (κ2) is 10.0. The minimum Gasteiger partial charge on any atom is -0.497 e. The summed E-state index contributed by atoms with van der Waals surface area (Å²) < 4.78 is 10.8. The van der Waals surface area contributed by atoms with Crippen LogP contribution in [0.5, 0.6) is 11.5 Å². The Morgan fingerprint density at radius 3 is 1.91 bits per heavy atom. The van der Waals surface area contributed by atoms with Crippen molar-refractivity contribution in [3.63, 3.8) is 0 Å². The van der Waals surface area contributed by atoms with Crippen molar-refractivity contribution in [2.75, 3.05) is 39.9 Å². The molecule has 0 unspecified atom stereocenters. The van der Waals surface area contributed by atoms with Crippen molar-refractivity contribution in [1.29, 1.82) is 0 Å². The maximum absolute atomic E-state index is 12.7. The molecule has 1 fully saturated rings. The van der Waals surface area contributed by atoms with Crippen LogP contribution >= 0.6 is 0 Å². The molecular formula is C26H26N2O4. The molecule has 0 aliphatic carbocycles. The average molecular weight is 431 g/mol. The number of hydrogen-bond donors (Lipinski definition) is 0. The van der Waals surface area contributed by atoms with Gasteiger partial charge in [-0.05, 0) is 47.5 Å². The van der Waals surface area contributed by atoms with E-state index >= 15 is 0 Å². The second-order valence-corrected chi connectivity index (χ2v) is 7.58. The number of carbonyl (C=O) groups is 2. The summed E-state index contributed by atoms with van der Waals surface area (Å²) in [6, 6.07) is 24.9. The molecule has 0 aromatic heterocycles. The molecule has 1 aliphatic rings. The molecular weight excluding hydrogens is 404 g/mol. The largest absolute Gasteiger partial charge is 0.497 e. The molecule has 0 N–H and O–H groups in total. The lowest BCUT2D eigenvalue weighted by Gasteiger charge is -2.34. The molecule has 2 amide bonds. The Labute approximate surface area is 188 Å². The van der Waals surface area contributed by atoms with Crippen LogP contribution in [0.4, 0.5) is 0 Å². The molecule has 1 saturated heterocycles. The van der Waals surface area contributed by atoms with Crippen molar-refractivity contribution in [2.24, 2.45) is 0 Å². The van der Waals surface area contributed by atoms with Crippen molar-refractivity contribution in [2.45, 2.75) is 0 Å². The number of ether oxygens (including phenoxy) is 2. The monoisotopic (exact) mass is 430 g/mol. The van der Waals surface area contributed by atoms with E-state index in [1.54, 1.807) is 41.2 Å². The molecule has 3 aromatic carbocycles. The zero-order chi connectivity index (χ0) is 22.3. The lowest BCUT2D eigenvalue weighted by atomic mass is 10.1. The van der Waals surface area contributed by atoms with E-state index in [2.05, 4.69) is 12.1 Å². The van der Waals surface area contributed by atoms with Gasteiger partial charge < -0.3 is 19.3 Å². The molecule has 32 heavy (non-hydrogen) atoms. The Morgan fingerprint density at radius 1 is 0.719 bits per heavy atom. The first-order valence-electron chi connectivity index (χ1n) is 10.6. The van der Waals surface area contributed by atoms with E-state index in [4.69, 9.17) is 9.47 Å². The Balaban J connectivity index is 1.25. The fourth-order valence-corrected chi connectivity index (χ4v) is 3.69. The van der Waals surface area contributed by atoms with Gasteiger partial charge in [-0.15, -0.1) is 0 Å². The second-order valence-electron chi connectivity index (χ2n) is 7.58. The number of methoxy groups -OCH3 is 1. The fourth-order valence-electron chi connectivity index (χ4n) is 3.69. The van der Waals surface area contributed by atoms with E-state index < -0.39 is 0 Å². The van der Waals surface area contributed by atoms with Crippen molar-refractivity contribution in [3.8, 4) is 22.6 Å². The Bertz CT molecular complexity index is 1040. The maximum atomic E-state index is 12.7. The summed E-state index contributed by atoms with van der Waals surface area (Å²) in [5.41, 5.74) is 2.85. The van der Waals surface area contributed by atoms with Crippen LogP contribution < -0.4 is 9.47 Å². The van der Waals surface area contributed by atoms with Gasteiger partial charge in [0, 0.05) is 31.7 Å². The van der Waals surface area contributed by atoms with E-state index in [0.29, 0.717) is 43.2 Å².